The molecule has 0 saturated carbocycles. The van der Waals surface area contributed by atoms with Crippen LogP contribution in [-0.2, 0) is 0 Å². The first-order valence-electron chi connectivity index (χ1n) is 9.81. The van der Waals surface area contributed by atoms with E-state index in [1.807, 2.05) is 18.3 Å². The number of hydrogen-bond acceptors (Lipinski definition) is 6. The molecule has 1 saturated heterocycles. The van der Waals surface area contributed by atoms with Gasteiger partial charge >= 0.3 is 6.03 Å². The maximum absolute atomic E-state index is 13.1. The first-order chi connectivity index (χ1) is 15.4. The van der Waals surface area contributed by atoms with Crippen molar-refractivity contribution in [1.29, 1.82) is 0 Å². The molecule has 32 heavy (non-hydrogen) atoms. The van der Waals surface area contributed by atoms with Gasteiger partial charge in [-0.1, -0.05) is 0 Å². The number of carbonyl (C=O) groups is 1. The predicted octanol–water partition coefficient (Wildman–Crippen LogP) is 3.72. The van der Waals surface area contributed by atoms with E-state index in [-0.39, 0.29) is 0 Å². The Balaban J connectivity index is 1.44. The standard InChI is InChI=1S/C21H18F2N8O/c1-13-24-6-4-18(27-13)29-19-9-14(2-5-25-19)15-8-16(17-3-7-26-31(17)10-15)28-20(32)30-11-21(22,23)12-30/h2-10H,11-12H2,1H3,(H,28,32)(H,24,25,27,29). The number of hydrogen-bond donors (Lipinski definition) is 2. The second-order valence-corrected chi connectivity index (χ2v) is 7.49. The van der Waals surface area contributed by atoms with E-state index < -0.39 is 25.0 Å². The summed E-state index contributed by atoms with van der Waals surface area (Å²) in [6.07, 6.45) is 6.72. The highest BCUT2D eigenvalue weighted by molar-refractivity contribution is 5.95. The highest BCUT2D eigenvalue weighted by Crippen LogP contribution is 2.30. The van der Waals surface area contributed by atoms with Crippen LogP contribution < -0.4 is 10.6 Å². The molecule has 1 aliphatic heterocycles. The molecular weight excluding hydrogens is 418 g/mol. The summed E-state index contributed by atoms with van der Waals surface area (Å²) in [4.78, 5) is 26.2. The van der Waals surface area contributed by atoms with Crippen LogP contribution in [0.1, 0.15) is 5.82 Å². The SMILES string of the molecule is Cc1nccc(Nc2cc(-c3cc(NC(=O)N4CC(F)(F)C4)c4ccnn4c3)ccn2)n1. The van der Waals surface area contributed by atoms with Gasteiger partial charge in [-0.15, -0.1) is 0 Å². The molecule has 11 heteroatoms. The molecule has 5 rings (SSSR count). The second kappa shape index (κ2) is 7.52. The molecule has 9 nitrogen and oxygen atoms in total. The molecule has 4 aromatic heterocycles. The van der Waals surface area contributed by atoms with Gasteiger partial charge in [0.05, 0.1) is 30.5 Å². The third-order valence-electron chi connectivity index (χ3n) is 5.01. The number of fused-ring (bicyclic) bond motifs is 1. The molecule has 4 aromatic rings. The van der Waals surface area contributed by atoms with E-state index >= 15 is 0 Å². The summed E-state index contributed by atoms with van der Waals surface area (Å²) in [7, 11) is 0. The van der Waals surface area contributed by atoms with E-state index in [0.717, 1.165) is 16.0 Å². The molecule has 0 aliphatic carbocycles. The third-order valence-corrected chi connectivity index (χ3v) is 5.01. The Hall–Kier alpha value is -4.15. The molecule has 0 atom stereocenters. The second-order valence-electron chi connectivity index (χ2n) is 7.49. The first kappa shape index (κ1) is 19.8. The summed E-state index contributed by atoms with van der Waals surface area (Å²) in [5, 5.41) is 10.1. The van der Waals surface area contributed by atoms with E-state index in [1.54, 1.807) is 48.2 Å². The third kappa shape index (κ3) is 3.92. The molecule has 0 radical (unpaired) electrons. The molecule has 1 aliphatic rings. The van der Waals surface area contributed by atoms with E-state index in [1.165, 1.54) is 0 Å². The fraction of sp³-hybridized carbons (Fsp3) is 0.190. The Morgan fingerprint density at radius 3 is 2.62 bits per heavy atom. The molecule has 162 valence electrons. The summed E-state index contributed by atoms with van der Waals surface area (Å²) in [5.74, 6) is -0.998. The summed E-state index contributed by atoms with van der Waals surface area (Å²) >= 11 is 0. The van der Waals surface area contributed by atoms with Crippen molar-refractivity contribution in [2.45, 2.75) is 12.8 Å². The van der Waals surface area contributed by atoms with Crippen LogP contribution in [0, 0.1) is 6.92 Å². The topological polar surface area (TPSA) is 100 Å². The number of rotatable bonds is 4. The smallest absolute Gasteiger partial charge is 0.322 e. The number of halogens is 2. The van der Waals surface area contributed by atoms with Crippen LogP contribution in [0.3, 0.4) is 0 Å². The highest BCUT2D eigenvalue weighted by Gasteiger charge is 2.46. The molecule has 5 heterocycles. The Labute approximate surface area is 181 Å². The van der Waals surface area contributed by atoms with Crippen LogP contribution in [0.25, 0.3) is 16.6 Å². The Kier molecular flexibility index (Phi) is 4.65. The monoisotopic (exact) mass is 436 g/mol. The zero-order valence-corrected chi connectivity index (χ0v) is 17.0. The predicted molar refractivity (Wildman–Crippen MR) is 114 cm³/mol. The number of nitrogens with zero attached hydrogens (tertiary/aromatic N) is 6. The zero-order chi connectivity index (χ0) is 22.3. The Bertz CT molecular complexity index is 1310. The molecule has 0 unspecified atom stereocenters. The lowest BCUT2D eigenvalue weighted by Crippen LogP contribution is -2.59. The van der Waals surface area contributed by atoms with Crippen molar-refractivity contribution in [3.63, 3.8) is 0 Å². The molecule has 0 spiro atoms. The summed E-state index contributed by atoms with van der Waals surface area (Å²) in [6.45, 7) is 0.622. The number of amides is 2. The van der Waals surface area contributed by atoms with Crippen molar-refractivity contribution < 1.29 is 13.6 Å². The number of urea groups is 1. The number of likely N-dealkylation sites (tertiary alicyclic amines) is 1. The molecule has 0 bridgehead atoms. The van der Waals surface area contributed by atoms with E-state index in [9.17, 15) is 13.6 Å². The normalized spacial score (nSPS) is 14.8. The van der Waals surface area contributed by atoms with Crippen LogP contribution in [0.2, 0.25) is 0 Å². The Morgan fingerprint density at radius 2 is 1.84 bits per heavy atom. The lowest BCUT2D eigenvalue weighted by Gasteiger charge is -2.38. The number of carbonyl (C=O) groups excluding carboxylic acids is 1. The average Bonchev–Trinajstić information content (AvgIpc) is 3.21. The van der Waals surface area contributed by atoms with Crippen LogP contribution >= 0.6 is 0 Å². The van der Waals surface area contributed by atoms with Gasteiger partial charge in [-0.05, 0) is 42.8 Å². The molecule has 1 fully saturated rings. The number of anilines is 3. The Morgan fingerprint density at radius 1 is 1.03 bits per heavy atom. The first-order valence-corrected chi connectivity index (χ1v) is 9.81. The van der Waals surface area contributed by atoms with Crippen molar-refractivity contribution in [3.8, 4) is 11.1 Å². The molecule has 2 N–H and O–H groups in total. The molecular formula is C21H18F2N8O. The van der Waals surface area contributed by atoms with Gasteiger partial charge in [0.25, 0.3) is 5.92 Å². The minimum absolute atomic E-state index is 0.470. The number of nitrogens with one attached hydrogen (secondary N) is 2. The quantitative estimate of drug-likeness (QED) is 0.506. The lowest BCUT2D eigenvalue weighted by atomic mass is 10.1. The summed E-state index contributed by atoms with van der Waals surface area (Å²) in [6, 6.07) is 8.34. The lowest BCUT2D eigenvalue weighted by molar-refractivity contribution is -0.107. The van der Waals surface area contributed by atoms with Crippen molar-refractivity contribution in [2.75, 3.05) is 23.7 Å². The van der Waals surface area contributed by atoms with Crippen molar-refractivity contribution in [1.82, 2.24) is 29.5 Å². The van der Waals surface area contributed by atoms with Gasteiger partial charge in [0.2, 0.25) is 0 Å². The minimum Gasteiger partial charge on any atom is -0.325 e. The number of pyridine rings is 2. The maximum atomic E-state index is 13.1. The fourth-order valence-electron chi connectivity index (χ4n) is 3.47. The van der Waals surface area contributed by atoms with Gasteiger partial charge in [0.15, 0.2) is 0 Å². The van der Waals surface area contributed by atoms with Crippen LogP contribution in [0.5, 0.6) is 0 Å². The summed E-state index contributed by atoms with van der Waals surface area (Å²) in [5.41, 5.74) is 2.70. The van der Waals surface area contributed by atoms with Gasteiger partial charge in [0, 0.05) is 24.2 Å². The van der Waals surface area contributed by atoms with Gasteiger partial charge in [-0.25, -0.2) is 33.0 Å². The largest absolute Gasteiger partial charge is 0.325 e. The summed E-state index contributed by atoms with van der Waals surface area (Å²) < 4.78 is 27.9. The van der Waals surface area contributed by atoms with Gasteiger partial charge in [-0.3, -0.25) is 0 Å². The van der Waals surface area contributed by atoms with Crippen molar-refractivity contribution in [3.05, 3.63) is 60.9 Å². The molecule has 2 amide bonds. The number of aromatic nitrogens is 5. The molecule has 0 aromatic carbocycles. The van der Waals surface area contributed by atoms with Crippen LogP contribution in [0.15, 0.2) is 55.1 Å². The van der Waals surface area contributed by atoms with E-state index in [2.05, 4.69) is 30.7 Å². The number of alkyl halides is 2. The van der Waals surface area contributed by atoms with Gasteiger partial charge in [-0.2, -0.15) is 5.10 Å². The maximum Gasteiger partial charge on any atom is 0.322 e. The fourth-order valence-corrected chi connectivity index (χ4v) is 3.47. The van der Waals surface area contributed by atoms with Gasteiger partial charge in [0.1, 0.15) is 17.5 Å². The number of aryl methyl sites for hydroxylation is 1. The highest BCUT2D eigenvalue weighted by atomic mass is 19.3. The van der Waals surface area contributed by atoms with Crippen molar-refractivity contribution >= 4 is 28.9 Å². The zero-order valence-electron chi connectivity index (χ0n) is 17.0. The average molecular weight is 436 g/mol. The minimum atomic E-state index is -2.83. The van der Waals surface area contributed by atoms with Crippen LogP contribution in [0.4, 0.5) is 30.9 Å². The van der Waals surface area contributed by atoms with Gasteiger partial charge < -0.3 is 15.5 Å². The van der Waals surface area contributed by atoms with E-state index in [4.69, 9.17) is 0 Å². The van der Waals surface area contributed by atoms with Crippen molar-refractivity contribution in [2.24, 2.45) is 0 Å². The van der Waals surface area contributed by atoms with E-state index in [0.29, 0.717) is 28.7 Å². The van der Waals surface area contributed by atoms with Crippen LogP contribution in [-0.4, -0.2) is 54.5 Å².